The molecule has 0 saturated heterocycles. The maximum atomic E-state index is 6.30. The maximum Gasteiger partial charge on any atom is 0.0835 e. The lowest BCUT2D eigenvalue weighted by Crippen LogP contribution is -2.15. The molecule has 1 aliphatic carbocycles. The van der Waals surface area contributed by atoms with Crippen molar-refractivity contribution in [3.8, 4) is 0 Å². The Kier molecular flexibility index (Phi) is 4.08. The van der Waals surface area contributed by atoms with Gasteiger partial charge in [0.05, 0.1) is 21.8 Å². The zero-order valence-corrected chi connectivity index (χ0v) is 14.0. The number of fused-ring (bicyclic) bond motifs is 1. The summed E-state index contributed by atoms with van der Waals surface area (Å²) in [5, 5.41) is 6.84. The number of thiophene rings is 1. The van der Waals surface area contributed by atoms with Crippen molar-refractivity contribution in [2.75, 3.05) is 5.32 Å². The molecule has 5 heteroatoms. The van der Waals surface area contributed by atoms with E-state index in [2.05, 4.69) is 32.7 Å². The van der Waals surface area contributed by atoms with Gasteiger partial charge in [0, 0.05) is 9.35 Å². The normalized spacial score (nSPS) is 18.2. The first-order valence-electron chi connectivity index (χ1n) is 6.13. The molecule has 1 aliphatic rings. The highest BCUT2D eigenvalue weighted by Gasteiger charge is 2.22. The van der Waals surface area contributed by atoms with Crippen LogP contribution in [0, 0.1) is 0 Å². The highest BCUT2D eigenvalue weighted by Crippen LogP contribution is 2.40. The van der Waals surface area contributed by atoms with Crippen molar-refractivity contribution < 1.29 is 0 Å². The number of anilines is 1. The first kappa shape index (κ1) is 13.7. The van der Waals surface area contributed by atoms with Gasteiger partial charge in [0.2, 0.25) is 0 Å². The Labute approximate surface area is 135 Å². The van der Waals surface area contributed by atoms with Crippen molar-refractivity contribution in [2.45, 2.75) is 25.3 Å². The molecule has 19 heavy (non-hydrogen) atoms. The van der Waals surface area contributed by atoms with Gasteiger partial charge in [-0.05, 0) is 64.3 Å². The van der Waals surface area contributed by atoms with E-state index in [4.69, 9.17) is 23.2 Å². The lowest BCUT2D eigenvalue weighted by Gasteiger charge is -2.25. The first-order chi connectivity index (χ1) is 9.16. The lowest BCUT2D eigenvalue weighted by molar-refractivity contribution is 0.609. The van der Waals surface area contributed by atoms with E-state index in [0.717, 1.165) is 16.6 Å². The van der Waals surface area contributed by atoms with Crippen LogP contribution in [-0.4, -0.2) is 0 Å². The highest BCUT2D eigenvalue weighted by atomic mass is 79.9. The van der Waals surface area contributed by atoms with Gasteiger partial charge in [-0.2, -0.15) is 0 Å². The van der Waals surface area contributed by atoms with E-state index < -0.39 is 0 Å². The van der Waals surface area contributed by atoms with Crippen LogP contribution in [0.3, 0.4) is 0 Å². The average Bonchev–Trinajstić information content (AvgIpc) is 2.89. The zero-order valence-electron chi connectivity index (χ0n) is 10.1. The van der Waals surface area contributed by atoms with Gasteiger partial charge >= 0.3 is 0 Å². The summed E-state index contributed by atoms with van der Waals surface area (Å²) in [5.74, 6) is 0. The number of benzene rings is 1. The van der Waals surface area contributed by atoms with Crippen molar-refractivity contribution >= 4 is 56.2 Å². The molecule has 100 valence electrons. The lowest BCUT2D eigenvalue weighted by atomic mass is 9.94. The molecule has 2 aromatic rings. The van der Waals surface area contributed by atoms with Crippen molar-refractivity contribution in [1.82, 2.24) is 0 Å². The van der Waals surface area contributed by atoms with Gasteiger partial charge in [-0.25, -0.2) is 0 Å². The summed E-state index contributed by atoms with van der Waals surface area (Å²) < 4.78 is 0.824. The molecular formula is C14H12BrCl2NS. The van der Waals surface area contributed by atoms with Gasteiger partial charge in [-0.15, -0.1) is 11.3 Å². The van der Waals surface area contributed by atoms with Crippen LogP contribution in [0.5, 0.6) is 0 Å². The molecule has 1 atom stereocenters. The Morgan fingerprint density at radius 1 is 1.21 bits per heavy atom. The molecule has 3 rings (SSSR count). The predicted octanol–water partition coefficient (Wildman–Crippen LogP) is 6.31. The number of hydrogen-bond acceptors (Lipinski definition) is 2. The van der Waals surface area contributed by atoms with Gasteiger partial charge < -0.3 is 5.32 Å². The monoisotopic (exact) mass is 375 g/mol. The van der Waals surface area contributed by atoms with E-state index in [-0.39, 0.29) is 0 Å². The van der Waals surface area contributed by atoms with Crippen molar-refractivity contribution in [3.05, 3.63) is 48.5 Å². The summed E-state index contributed by atoms with van der Waals surface area (Å²) >= 11 is 17.7. The Morgan fingerprint density at radius 2 is 2.05 bits per heavy atom. The minimum Gasteiger partial charge on any atom is -0.377 e. The molecule has 0 saturated carbocycles. The fourth-order valence-corrected chi connectivity index (χ4v) is 4.28. The molecule has 0 radical (unpaired) electrons. The molecule has 1 N–H and O–H groups in total. The fourth-order valence-electron chi connectivity index (χ4n) is 2.46. The highest BCUT2D eigenvalue weighted by molar-refractivity contribution is 9.10. The van der Waals surface area contributed by atoms with E-state index in [1.807, 2.05) is 23.5 Å². The number of rotatable bonds is 2. The summed E-state index contributed by atoms with van der Waals surface area (Å²) in [6, 6.07) is 6.45. The second kappa shape index (κ2) is 5.65. The molecule has 0 fully saturated rings. The Balaban J connectivity index is 1.90. The summed E-state index contributed by atoms with van der Waals surface area (Å²) in [6.45, 7) is 0. The summed E-state index contributed by atoms with van der Waals surface area (Å²) in [4.78, 5) is 1.49. The van der Waals surface area contributed by atoms with Crippen LogP contribution in [0.15, 0.2) is 28.1 Å². The second-order valence-corrected chi connectivity index (χ2v) is 7.22. The van der Waals surface area contributed by atoms with Gasteiger partial charge in [-0.1, -0.05) is 23.2 Å². The smallest absolute Gasteiger partial charge is 0.0835 e. The van der Waals surface area contributed by atoms with Gasteiger partial charge in [-0.3, -0.25) is 0 Å². The predicted molar refractivity (Wildman–Crippen MR) is 87.8 cm³/mol. The zero-order chi connectivity index (χ0) is 13.4. The van der Waals surface area contributed by atoms with E-state index in [1.54, 1.807) is 0 Å². The van der Waals surface area contributed by atoms with E-state index in [1.165, 1.54) is 23.3 Å². The quantitative estimate of drug-likeness (QED) is 0.605. The average molecular weight is 377 g/mol. The SMILES string of the molecule is Clc1c(Br)ccc(NC2CCCc3sccc32)c1Cl. The molecule has 1 aromatic carbocycles. The van der Waals surface area contributed by atoms with Gasteiger partial charge in [0.25, 0.3) is 0 Å². The molecular weight excluding hydrogens is 365 g/mol. The van der Waals surface area contributed by atoms with Crippen molar-refractivity contribution in [3.63, 3.8) is 0 Å². The molecule has 1 heterocycles. The number of aryl methyl sites for hydroxylation is 1. The molecule has 1 unspecified atom stereocenters. The third kappa shape index (κ3) is 2.66. The molecule has 0 bridgehead atoms. The van der Waals surface area contributed by atoms with Crippen LogP contribution in [0.25, 0.3) is 0 Å². The van der Waals surface area contributed by atoms with Gasteiger partial charge in [0.1, 0.15) is 0 Å². The molecule has 1 aromatic heterocycles. The Hall–Kier alpha value is -0.220. The maximum absolute atomic E-state index is 6.30. The molecule has 1 nitrogen and oxygen atoms in total. The summed E-state index contributed by atoms with van der Waals surface area (Å²) in [7, 11) is 0. The van der Waals surface area contributed by atoms with Crippen LogP contribution in [-0.2, 0) is 6.42 Å². The third-order valence-corrected chi connectivity index (χ3v) is 6.18. The standard InChI is InChI=1S/C14H12BrCl2NS/c15-9-4-5-11(14(17)13(9)16)18-10-2-1-3-12-8(10)6-7-19-12/h4-7,10,18H,1-3H2. The number of hydrogen-bond donors (Lipinski definition) is 1. The Bertz CT molecular complexity index is 611. The van der Waals surface area contributed by atoms with Crippen LogP contribution >= 0.6 is 50.5 Å². The Morgan fingerprint density at radius 3 is 2.89 bits per heavy atom. The topological polar surface area (TPSA) is 12.0 Å². The van der Waals surface area contributed by atoms with Crippen LogP contribution in [0.2, 0.25) is 10.0 Å². The minimum atomic E-state index is 0.338. The summed E-state index contributed by atoms with van der Waals surface area (Å²) in [6.07, 6.45) is 3.54. The van der Waals surface area contributed by atoms with Crippen LogP contribution in [0.4, 0.5) is 5.69 Å². The second-order valence-electron chi connectivity index (χ2n) is 4.61. The fraction of sp³-hybridized carbons (Fsp3) is 0.286. The van der Waals surface area contributed by atoms with E-state index in [0.29, 0.717) is 16.1 Å². The number of halogens is 3. The van der Waals surface area contributed by atoms with Gasteiger partial charge in [0.15, 0.2) is 0 Å². The van der Waals surface area contributed by atoms with Crippen LogP contribution in [0.1, 0.15) is 29.3 Å². The third-order valence-electron chi connectivity index (χ3n) is 3.42. The summed E-state index contributed by atoms with van der Waals surface area (Å²) in [5.41, 5.74) is 2.31. The number of nitrogens with one attached hydrogen (secondary N) is 1. The van der Waals surface area contributed by atoms with E-state index in [9.17, 15) is 0 Å². The molecule has 0 amide bonds. The van der Waals surface area contributed by atoms with E-state index >= 15 is 0 Å². The first-order valence-corrected chi connectivity index (χ1v) is 8.56. The minimum absolute atomic E-state index is 0.338. The molecule has 0 spiro atoms. The van der Waals surface area contributed by atoms with Crippen molar-refractivity contribution in [1.29, 1.82) is 0 Å². The van der Waals surface area contributed by atoms with Crippen LogP contribution < -0.4 is 5.32 Å². The largest absolute Gasteiger partial charge is 0.377 e. The molecule has 0 aliphatic heterocycles. The van der Waals surface area contributed by atoms with Crippen molar-refractivity contribution in [2.24, 2.45) is 0 Å².